The zero-order valence-electron chi connectivity index (χ0n) is 12.9. The van der Waals surface area contributed by atoms with E-state index in [2.05, 4.69) is 0 Å². The molecule has 0 spiro atoms. The molecule has 0 aromatic heterocycles. The molecule has 3 aliphatic rings. The van der Waals surface area contributed by atoms with Gasteiger partial charge in [-0.3, -0.25) is 0 Å². The van der Waals surface area contributed by atoms with E-state index in [0.29, 0.717) is 13.1 Å². The van der Waals surface area contributed by atoms with E-state index < -0.39 is 11.1 Å². The van der Waals surface area contributed by atoms with Crippen LogP contribution in [0.25, 0.3) is 0 Å². The van der Waals surface area contributed by atoms with E-state index in [4.69, 9.17) is 15.7 Å². The number of carbonyl (C=O) groups excluding carboxylic acids is 2. The van der Waals surface area contributed by atoms with Crippen LogP contribution in [0.5, 0.6) is 0 Å². The van der Waals surface area contributed by atoms with Crippen LogP contribution in [-0.4, -0.2) is 84.7 Å². The van der Waals surface area contributed by atoms with Gasteiger partial charge in [0.25, 0.3) is 0 Å². The molecule has 0 N–H and O–H groups in total. The van der Waals surface area contributed by atoms with Gasteiger partial charge >= 0.3 is 12.1 Å². The van der Waals surface area contributed by atoms with Gasteiger partial charge in [0.1, 0.15) is 26.8 Å². The Morgan fingerprint density at radius 3 is 2.00 bits per heavy atom. The van der Waals surface area contributed by atoms with Crippen LogP contribution in [0, 0.1) is 0 Å². The normalized spacial score (nSPS) is 36.4. The lowest BCUT2D eigenvalue weighted by atomic mass is 9.64. The van der Waals surface area contributed by atoms with Crippen LogP contribution in [0.3, 0.4) is 0 Å². The second kappa shape index (κ2) is 4.34. The monoisotopic (exact) mass is 286 g/mol. The molecule has 4 amide bonds. The Labute approximate surface area is 128 Å². The highest BCUT2D eigenvalue weighted by atomic mass is 16.2. The molecule has 6 nitrogen and oxygen atoms in total. The minimum Gasteiger partial charge on any atom is -0.310 e. The first-order chi connectivity index (χ1) is 9.77. The number of hydrogen-bond acceptors (Lipinski definition) is 2. The van der Waals surface area contributed by atoms with Crippen molar-refractivity contribution in [3.8, 4) is 0 Å². The van der Waals surface area contributed by atoms with E-state index in [9.17, 15) is 9.59 Å². The predicted octanol–water partition coefficient (Wildman–Crippen LogP) is 0.328. The Hall–Kier alpha value is -1.33. The number of amides is 4. The van der Waals surface area contributed by atoms with Crippen molar-refractivity contribution in [3.05, 3.63) is 0 Å². The van der Waals surface area contributed by atoms with Crippen molar-refractivity contribution in [2.24, 2.45) is 0 Å². The number of carbonyl (C=O) groups is 2. The van der Waals surface area contributed by atoms with Crippen LogP contribution in [0.1, 0.15) is 33.1 Å². The number of likely N-dealkylation sites (N-methyl/N-ethyl adjacent to an activating group) is 1. The van der Waals surface area contributed by atoms with Crippen LogP contribution in [0.4, 0.5) is 9.59 Å². The molecule has 21 heavy (non-hydrogen) atoms. The molecule has 8 heteroatoms. The maximum atomic E-state index is 12.7. The maximum absolute atomic E-state index is 12.7. The fourth-order valence-corrected chi connectivity index (χ4v) is 3.89. The van der Waals surface area contributed by atoms with Crippen molar-refractivity contribution in [1.82, 2.24) is 19.6 Å². The largest absolute Gasteiger partial charge is 0.322 e. The third kappa shape index (κ3) is 1.46. The molecule has 3 rings (SSSR count). The van der Waals surface area contributed by atoms with Gasteiger partial charge in [0.05, 0.1) is 0 Å². The summed E-state index contributed by atoms with van der Waals surface area (Å²) in [5, 5.41) is 0. The third-order valence-electron chi connectivity index (χ3n) is 4.98. The molecular weight excluding hydrogens is 266 g/mol. The number of nitrogens with zero attached hydrogens (tertiary/aromatic N) is 4. The van der Waals surface area contributed by atoms with Crippen molar-refractivity contribution < 1.29 is 9.59 Å². The molecule has 3 aliphatic heterocycles. The fraction of sp³-hybridized carbons (Fsp3) is 0.846. The van der Waals surface area contributed by atoms with Gasteiger partial charge in [-0.25, -0.2) is 9.59 Å². The Kier molecular flexibility index (Phi) is 3.01. The summed E-state index contributed by atoms with van der Waals surface area (Å²) >= 11 is 0. The zero-order chi connectivity index (χ0) is 15.6. The molecular formula is C13H20B2N4O2. The predicted molar refractivity (Wildman–Crippen MR) is 79.8 cm³/mol. The maximum Gasteiger partial charge on any atom is 0.322 e. The Morgan fingerprint density at radius 2 is 1.48 bits per heavy atom. The van der Waals surface area contributed by atoms with Gasteiger partial charge in [0.15, 0.2) is 0 Å². The fourth-order valence-electron chi connectivity index (χ4n) is 3.89. The molecule has 110 valence electrons. The average molecular weight is 286 g/mol. The molecule has 0 saturated carbocycles. The molecule has 4 radical (unpaired) electrons. The lowest BCUT2D eigenvalue weighted by Gasteiger charge is -2.47. The first-order valence-electron chi connectivity index (χ1n) is 7.52. The smallest absolute Gasteiger partial charge is 0.310 e. The van der Waals surface area contributed by atoms with Gasteiger partial charge in [-0.05, 0) is 33.1 Å². The highest BCUT2D eigenvalue weighted by Crippen LogP contribution is 2.48. The van der Waals surface area contributed by atoms with Crippen molar-refractivity contribution in [2.45, 2.75) is 50.3 Å². The minimum absolute atomic E-state index is 0.147. The molecule has 0 aliphatic carbocycles. The SMILES string of the molecule is [B]C12N(C)C(=O)N(C(C)C)C1([B])N1CCCCCN2C1=O. The van der Waals surface area contributed by atoms with E-state index in [-0.39, 0.29) is 18.1 Å². The molecule has 2 atom stereocenters. The summed E-state index contributed by atoms with van der Waals surface area (Å²) in [4.78, 5) is 31.5. The van der Waals surface area contributed by atoms with Crippen LogP contribution in [0.15, 0.2) is 0 Å². The molecule has 3 heterocycles. The molecule has 3 saturated heterocycles. The van der Waals surface area contributed by atoms with Crippen molar-refractivity contribution in [3.63, 3.8) is 0 Å². The van der Waals surface area contributed by atoms with Gasteiger partial charge in [0.2, 0.25) is 0 Å². The van der Waals surface area contributed by atoms with Gasteiger partial charge in [-0.2, -0.15) is 0 Å². The summed E-state index contributed by atoms with van der Waals surface area (Å²) in [7, 11) is 14.8. The Morgan fingerprint density at radius 1 is 0.952 bits per heavy atom. The van der Waals surface area contributed by atoms with Crippen molar-refractivity contribution in [1.29, 1.82) is 0 Å². The third-order valence-corrected chi connectivity index (χ3v) is 4.98. The highest BCUT2D eigenvalue weighted by Gasteiger charge is 2.72. The van der Waals surface area contributed by atoms with E-state index >= 15 is 0 Å². The van der Waals surface area contributed by atoms with Crippen LogP contribution in [0.2, 0.25) is 0 Å². The van der Waals surface area contributed by atoms with Gasteiger partial charge in [0, 0.05) is 26.2 Å². The second-order valence-electron chi connectivity index (χ2n) is 6.40. The summed E-state index contributed by atoms with van der Waals surface area (Å²) in [5.74, 6) is 0. The summed E-state index contributed by atoms with van der Waals surface area (Å²) in [5.41, 5.74) is -2.65. The van der Waals surface area contributed by atoms with E-state index in [1.54, 1.807) is 16.8 Å². The Bertz CT molecular complexity index is 503. The average Bonchev–Trinajstić information content (AvgIpc) is 2.67. The molecule has 0 aromatic rings. The molecule has 2 unspecified atom stereocenters. The van der Waals surface area contributed by atoms with E-state index in [1.807, 2.05) is 13.8 Å². The highest BCUT2D eigenvalue weighted by molar-refractivity contribution is 6.32. The van der Waals surface area contributed by atoms with E-state index in [1.165, 1.54) is 9.80 Å². The topological polar surface area (TPSA) is 47.1 Å². The van der Waals surface area contributed by atoms with Gasteiger partial charge in [-0.15, -0.1) is 0 Å². The van der Waals surface area contributed by atoms with Gasteiger partial charge in [-0.1, -0.05) is 0 Å². The molecule has 0 aromatic carbocycles. The van der Waals surface area contributed by atoms with Crippen LogP contribution < -0.4 is 0 Å². The summed E-state index contributed by atoms with van der Waals surface area (Å²) < 4.78 is 0. The van der Waals surface area contributed by atoms with Gasteiger partial charge < -0.3 is 19.6 Å². The van der Waals surface area contributed by atoms with E-state index in [0.717, 1.165) is 19.3 Å². The first kappa shape index (κ1) is 14.6. The van der Waals surface area contributed by atoms with Crippen LogP contribution >= 0.6 is 0 Å². The summed E-state index contributed by atoms with van der Waals surface area (Å²) in [6.07, 6.45) is 2.77. The zero-order valence-corrected chi connectivity index (χ0v) is 12.9. The quantitative estimate of drug-likeness (QED) is 0.652. The summed E-state index contributed by atoms with van der Waals surface area (Å²) in [6, 6.07) is -0.561. The number of rotatable bonds is 1. The Balaban J connectivity index is 2.19. The van der Waals surface area contributed by atoms with Crippen LogP contribution in [-0.2, 0) is 0 Å². The lowest BCUT2D eigenvalue weighted by Crippen LogP contribution is -2.69. The van der Waals surface area contributed by atoms with Crippen molar-refractivity contribution >= 4 is 27.8 Å². The first-order valence-corrected chi connectivity index (χ1v) is 7.52. The number of hydrogen-bond donors (Lipinski definition) is 0. The lowest BCUT2D eigenvalue weighted by molar-refractivity contribution is 0.0533. The molecule has 2 bridgehead atoms. The minimum atomic E-state index is -1.32. The molecule has 3 fully saturated rings. The standard InChI is InChI=1S/C13H20B2N4O2/c1-9(2)19-10(20)16(3)12(14)13(19,15)18-8-6-4-5-7-17(12)11(18)21/h9H,4-8H2,1-3H3. The summed E-state index contributed by atoms with van der Waals surface area (Å²) in [6.45, 7) is 4.82. The number of fused-ring (bicyclic) bond motifs is 5. The second-order valence-corrected chi connectivity index (χ2v) is 6.40. The van der Waals surface area contributed by atoms with Crippen molar-refractivity contribution in [2.75, 3.05) is 20.1 Å². The number of urea groups is 2.